The van der Waals surface area contributed by atoms with Gasteiger partial charge in [-0.2, -0.15) is 5.10 Å². The molecule has 0 radical (unpaired) electrons. The van der Waals surface area contributed by atoms with Crippen molar-refractivity contribution in [3.05, 3.63) is 36.3 Å². The largest absolute Gasteiger partial charge is 0.368 e. The van der Waals surface area contributed by atoms with Crippen molar-refractivity contribution in [2.24, 2.45) is 12.0 Å². The number of hydrogen-bond donors (Lipinski definition) is 2. The minimum Gasteiger partial charge on any atom is -0.368 e. The molecule has 4 rings (SSSR count). The summed E-state index contributed by atoms with van der Waals surface area (Å²) in [5.74, 6) is 1.86. The number of pyridine rings is 1. The van der Waals surface area contributed by atoms with Crippen LogP contribution in [0.15, 0.2) is 35.7 Å². The van der Waals surface area contributed by atoms with Crippen LogP contribution in [0.3, 0.4) is 0 Å². The van der Waals surface area contributed by atoms with E-state index in [0.717, 1.165) is 48.8 Å². The van der Waals surface area contributed by atoms with E-state index in [9.17, 15) is 0 Å². The van der Waals surface area contributed by atoms with Gasteiger partial charge in [0.15, 0.2) is 5.82 Å². The summed E-state index contributed by atoms with van der Waals surface area (Å²) in [6.07, 6.45) is 7.70. The first-order chi connectivity index (χ1) is 12.6. The van der Waals surface area contributed by atoms with Crippen LogP contribution in [0.1, 0.15) is 32.3 Å². The molecule has 1 spiro atoms. The molecule has 2 aromatic rings. The van der Waals surface area contributed by atoms with Gasteiger partial charge < -0.3 is 15.5 Å². The highest BCUT2D eigenvalue weighted by molar-refractivity contribution is 6.08. The minimum atomic E-state index is -0.129. The van der Waals surface area contributed by atoms with Crippen molar-refractivity contribution in [2.75, 3.05) is 30.8 Å². The number of amidine groups is 1. The Balaban J connectivity index is 0.000000948. The monoisotopic (exact) mass is 355 g/mol. The number of fused-ring (bicyclic) bond motifs is 1. The summed E-state index contributed by atoms with van der Waals surface area (Å²) < 4.78 is 1.83. The van der Waals surface area contributed by atoms with Crippen molar-refractivity contribution in [3.8, 4) is 0 Å². The molecule has 0 aromatic carbocycles. The molecule has 140 valence electrons. The lowest BCUT2D eigenvalue weighted by Gasteiger charge is -2.44. The highest BCUT2D eigenvalue weighted by Crippen LogP contribution is 2.36. The van der Waals surface area contributed by atoms with Crippen molar-refractivity contribution in [3.63, 3.8) is 0 Å². The van der Waals surface area contributed by atoms with Crippen LogP contribution in [0.4, 0.5) is 11.5 Å². The Hall–Kier alpha value is -2.41. The van der Waals surface area contributed by atoms with Gasteiger partial charge in [-0.05, 0) is 37.6 Å². The van der Waals surface area contributed by atoms with Crippen molar-refractivity contribution >= 4 is 17.3 Å². The van der Waals surface area contributed by atoms with E-state index in [2.05, 4.69) is 32.7 Å². The van der Waals surface area contributed by atoms with Gasteiger partial charge in [-0.15, -0.1) is 0 Å². The number of aryl methyl sites for hydroxylation is 1. The van der Waals surface area contributed by atoms with Gasteiger partial charge in [-0.1, -0.05) is 13.8 Å². The number of aliphatic imine (C=N–C) groups is 1. The third-order valence-corrected chi connectivity index (χ3v) is 4.90. The molecule has 1 saturated heterocycles. The lowest BCUT2D eigenvalue weighted by Crippen LogP contribution is -2.58. The SMILES string of the molecule is CC.CN1CCC2(CC1)Nc1cn(C)nc1NC2=NCc1ccncc1. The van der Waals surface area contributed by atoms with Crippen LogP contribution in [0.2, 0.25) is 0 Å². The number of aromatic nitrogens is 3. The van der Waals surface area contributed by atoms with Gasteiger partial charge in [0.25, 0.3) is 0 Å². The van der Waals surface area contributed by atoms with Gasteiger partial charge in [-0.3, -0.25) is 14.7 Å². The number of likely N-dealkylation sites (tertiary alicyclic amines) is 1. The molecule has 0 saturated carbocycles. The van der Waals surface area contributed by atoms with E-state index in [4.69, 9.17) is 4.99 Å². The summed E-state index contributed by atoms with van der Waals surface area (Å²) in [6.45, 7) is 6.75. The smallest absolute Gasteiger partial charge is 0.176 e. The van der Waals surface area contributed by atoms with Gasteiger partial charge >= 0.3 is 0 Å². The van der Waals surface area contributed by atoms with Crippen molar-refractivity contribution < 1.29 is 0 Å². The van der Waals surface area contributed by atoms with Crippen molar-refractivity contribution in [1.29, 1.82) is 0 Å². The van der Waals surface area contributed by atoms with Gasteiger partial charge in [-0.25, -0.2) is 0 Å². The lowest BCUT2D eigenvalue weighted by molar-refractivity contribution is 0.240. The molecule has 26 heavy (non-hydrogen) atoms. The van der Waals surface area contributed by atoms with Gasteiger partial charge in [0, 0.05) is 32.5 Å². The molecule has 7 nitrogen and oxygen atoms in total. The number of anilines is 2. The van der Waals surface area contributed by atoms with Gasteiger partial charge in [0.2, 0.25) is 0 Å². The quantitative estimate of drug-likeness (QED) is 0.867. The summed E-state index contributed by atoms with van der Waals surface area (Å²) in [7, 11) is 4.11. The summed E-state index contributed by atoms with van der Waals surface area (Å²) in [5, 5.41) is 11.7. The van der Waals surface area contributed by atoms with Crippen LogP contribution in [0.5, 0.6) is 0 Å². The van der Waals surface area contributed by atoms with Gasteiger partial charge in [0.05, 0.1) is 24.0 Å². The molecule has 0 aliphatic carbocycles. The molecule has 0 amide bonds. The maximum Gasteiger partial charge on any atom is 0.176 e. The number of hydrogen-bond acceptors (Lipinski definition) is 5. The van der Waals surface area contributed by atoms with Crippen LogP contribution >= 0.6 is 0 Å². The molecule has 4 heterocycles. The average molecular weight is 355 g/mol. The highest BCUT2D eigenvalue weighted by Gasteiger charge is 2.42. The van der Waals surface area contributed by atoms with E-state index in [1.54, 1.807) is 0 Å². The first kappa shape index (κ1) is 18.4. The number of nitrogens with one attached hydrogen (secondary N) is 2. The fraction of sp³-hybridized carbons (Fsp3) is 0.526. The summed E-state index contributed by atoms with van der Waals surface area (Å²) >= 11 is 0. The van der Waals surface area contributed by atoms with Crippen LogP contribution in [-0.4, -0.2) is 51.2 Å². The van der Waals surface area contributed by atoms with Gasteiger partial charge in [0.1, 0.15) is 5.84 Å². The van der Waals surface area contributed by atoms with E-state index >= 15 is 0 Å². The molecule has 2 aromatic heterocycles. The Bertz CT molecular complexity index is 743. The first-order valence-electron chi connectivity index (χ1n) is 9.36. The molecular formula is C19H29N7. The molecule has 2 aliphatic heterocycles. The molecule has 1 fully saturated rings. The maximum atomic E-state index is 4.91. The summed E-state index contributed by atoms with van der Waals surface area (Å²) in [6, 6.07) is 4.02. The van der Waals surface area contributed by atoms with E-state index in [1.165, 1.54) is 0 Å². The third kappa shape index (κ3) is 3.72. The predicted octanol–water partition coefficient (Wildman–Crippen LogP) is 2.74. The second-order valence-corrected chi connectivity index (χ2v) is 6.72. The Morgan fingerprint density at radius 2 is 1.85 bits per heavy atom. The van der Waals surface area contributed by atoms with Crippen LogP contribution in [0, 0.1) is 0 Å². The summed E-state index contributed by atoms with van der Waals surface area (Å²) in [5.41, 5.74) is 2.09. The maximum absolute atomic E-state index is 4.91. The summed E-state index contributed by atoms with van der Waals surface area (Å²) in [4.78, 5) is 11.3. The Morgan fingerprint density at radius 3 is 2.54 bits per heavy atom. The predicted molar refractivity (Wildman–Crippen MR) is 107 cm³/mol. The minimum absolute atomic E-state index is 0.129. The van der Waals surface area contributed by atoms with Crippen molar-refractivity contribution in [1.82, 2.24) is 19.7 Å². The second kappa shape index (κ2) is 7.86. The Kier molecular flexibility index (Phi) is 5.56. The second-order valence-electron chi connectivity index (χ2n) is 6.72. The number of nitrogens with zero attached hydrogens (tertiary/aromatic N) is 5. The van der Waals surface area contributed by atoms with E-state index in [1.807, 2.05) is 56.3 Å². The van der Waals surface area contributed by atoms with Crippen LogP contribution in [0.25, 0.3) is 0 Å². The molecule has 0 atom stereocenters. The normalized spacial score (nSPS) is 19.9. The average Bonchev–Trinajstić information content (AvgIpc) is 3.03. The van der Waals surface area contributed by atoms with E-state index in [-0.39, 0.29) is 5.54 Å². The Morgan fingerprint density at radius 1 is 1.15 bits per heavy atom. The molecule has 2 aliphatic rings. The lowest BCUT2D eigenvalue weighted by atomic mass is 9.84. The zero-order chi connectivity index (χ0) is 18.6. The van der Waals surface area contributed by atoms with E-state index in [0.29, 0.717) is 6.54 Å². The first-order valence-corrected chi connectivity index (χ1v) is 9.36. The number of rotatable bonds is 2. The number of piperidine rings is 1. The topological polar surface area (TPSA) is 70.4 Å². The molecule has 0 bridgehead atoms. The zero-order valence-electron chi connectivity index (χ0n) is 16.2. The van der Waals surface area contributed by atoms with E-state index < -0.39 is 0 Å². The molecule has 0 unspecified atom stereocenters. The molecule has 7 heteroatoms. The molecular weight excluding hydrogens is 326 g/mol. The molecule has 2 N–H and O–H groups in total. The highest BCUT2D eigenvalue weighted by atomic mass is 15.3. The fourth-order valence-corrected chi connectivity index (χ4v) is 3.43. The van der Waals surface area contributed by atoms with Crippen molar-refractivity contribution in [2.45, 2.75) is 38.8 Å². The fourth-order valence-electron chi connectivity index (χ4n) is 3.43. The Labute approximate surface area is 155 Å². The third-order valence-electron chi connectivity index (χ3n) is 4.90. The zero-order valence-corrected chi connectivity index (χ0v) is 16.2. The van der Waals surface area contributed by atoms with Crippen LogP contribution in [-0.2, 0) is 13.6 Å². The standard InChI is InChI=1S/C17H23N7.C2H6/c1-23-9-5-17(6-10-23)16(19-11-13-3-7-18-8-4-13)20-15-14(21-17)12-24(2)22-15;1-2/h3-4,7-8,12,21H,5-6,9-11H2,1-2H3,(H,19,20,22);1-2H3. The van der Waals surface area contributed by atoms with Crippen LogP contribution < -0.4 is 10.6 Å².